The topological polar surface area (TPSA) is 111 Å². The van der Waals surface area contributed by atoms with Crippen LogP contribution in [0, 0.1) is 0 Å². The highest BCUT2D eigenvalue weighted by Crippen LogP contribution is 2.38. The number of allylic oxidation sites excluding steroid dienone is 12. The fraction of sp³-hybridized carbons (Fsp3) is 0.682. The second kappa shape index (κ2) is 36.1. The van der Waals surface area contributed by atoms with Crippen molar-refractivity contribution in [2.45, 2.75) is 148 Å². The van der Waals surface area contributed by atoms with Gasteiger partial charge in [-0.25, -0.2) is 0 Å². The average molecular weight is 778 g/mol. The Morgan fingerprint density at radius 3 is 1.41 bits per heavy atom. The van der Waals surface area contributed by atoms with E-state index >= 15 is 0 Å². The van der Waals surface area contributed by atoms with Crippen LogP contribution in [0.5, 0.6) is 0 Å². The average Bonchev–Trinajstić information content (AvgIpc) is 3.12. The third-order valence-corrected chi connectivity index (χ3v) is 9.16. The predicted octanol–water partition coefficient (Wildman–Crippen LogP) is 10.8. The number of nitrogens with zero attached hydrogens (tertiary/aromatic N) is 1. The third-order valence-electron chi connectivity index (χ3n) is 8.20. The minimum absolute atomic E-state index is 0.0479. The van der Waals surface area contributed by atoms with Gasteiger partial charge in [0.2, 0.25) is 0 Å². The first kappa shape index (κ1) is 51.5. The van der Waals surface area contributed by atoms with Gasteiger partial charge in [0.1, 0.15) is 19.8 Å². The van der Waals surface area contributed by atoms with Crippen molar-refractivity contribution in [1.82, 2.24) is 0 Å². The number of esters is 2. The molecule has 0 bridgehead atoms. The summed E-state index contributed by atoms with van der Waals surface area (Å²) in [7, 11) is 1.11. The Kier molecular flexibility index (Phi) is 34.4. The van der Waals surface area contributed by atoms with Gasteiger partial charge < -0.3 is 27.9 Å². The molecule has 0 aliphatic rings. The number of carbonyl (C=O) groups excluding carboxylic acids is 2. The zero-order valence-electron chi connectivity index (χ0n) is 34.6. The van der Waals surface area contributed by atoms with Gasteiger partial charge in [-0.3, -0.25) is 14.2 Å². The maximum Gasteiger partial charge on any atom is 0.306 e. The van der Waals surface area contributed by atoms with Crippen LogP contribution < -0.4 is 4.89 Å². The Morgan fingerprint density at radius 1 is 0.574 bits per heavy atom. The molecule has 0 amide bonds. The molecule has 0 aromatic rings. The van der Waals surface area contributed by atoms with Crippen molar-refractivity contribution in [3.63, 3.8) is 0 Å². The van der Waals surface area contributed by atoms with Crippen LogP contribution in [0.15, 0.2) is 72.9 Å². The summed E-state index contributed by atoms with van der Waals surface area (Å²) in [5, 5.41) is 0. The van der Waals surface area contributed by atoms with Crippen molar-refractivity contribution >= 4 is 19.8 Å². The van der Waals surface area contributed by atoms with Crippen LogP contribution in [0.4, 0.5) is 0 Å². The first-order valence-electron chi connectivity index (χ1n) is 20.6. The molecule has 0 rings (SSSR count). The molecule has 0 N–H and O–H groups in total. The molecule has 0 fully saturated rings. The van der Waals surface area contributed by atoms with Gasteiger partial charge in [-0.1, -0.05) is 112 Å². The van der Waals surface area contributed by atoms with Crippen LogP contribution in [0.1, 0.15) is 142 Å². The molecule has 0 aliphatic heterocycles. The lowest BCUT2D eigenvalue weighted by Gasteiger charge is -2.28. The van der Waals surface area contributed by atoms with Gasteiger partial charge in [0.25, 0.3) is 7.82 Å². The summed E-state index contributed by atoms with van der Waals surface area (Å²) in [4.78, 5) is 37.4. The van der Waals surface area contributed by atoms with Gasteiger partial charge in [-0.05, 0) is 89.9 Å². The molecule has 0 saturated carbocycles. The van der Waals surface area contributed by atoms with Crippen LogP contribution in [0.25, 0.3) is 0 Å². The van der Waals surface area contributed by atoms with Crippen molar-refractivity contribution in [2.24, 2.45) is 0 Å². The van der Waals surface area contributed by atoms with Gasteiger partial charge in [0.15, 0.2) is 6.10 Å². The number of likely N-dealkylation sites (N-methyl/N-ethyl adjacent to an activating group) is 1. The lowest BCUT2D eigenvalue weighted by molar-refractivity contribution is -0.870. The van der Waals surface area contributed by atoms with Crippen LogP contribution in [-0.2, 0) is 32.7 Å². The van der Waals surface area contributed by atoms with Crippen molar-refractivity contribution in [3.05, 3.63) is 72.9 Å². The lowest BCUT2D eigenvalue weighted by atomic mass is 10.1. The molecule has 0 aromatic heterocycles. The summed E-state index contributed by atoms with van der Waals surface area (Å²) in [5.74, 6) is -0.933. The van der Waals surface area contributed by atoms with Gasteiger partial charge in [0, 0.05) is 12.8 Å². The highest BCUT2D eigenvalue weighted by Gasteiger charge is 2.21. The minimum Gasteiger partial charge on any atom is -0.756 e. The quantitative estimate of drug-likeness (QED) is 0.0203. The van der Waals surface area contributed by atoms with E-state index in [1.807, 2.05) is 21.1 Å². The van der Waals surface area contributed by atoms with Crippen LogP contribution in [0.3, 0.4) is 0 Å². The molecule has 0 aliphatic carbocycles. The molecule has 54 heavy (non-hydrogen) atoms. The van der Waals surface area contributed by atoms with E-state index in [0.717, 1.165) is 64.2 Å². The summed E-state index contributed by atoms with van der Waals surface area (Å²) in [6.45, 7) is 4.05. The fourth-order valence-corrected chi connectivity index (χ4v) is 5.63. The monoisotopic (exact) mass is 778 g/mol. The molecule has 10 heteroatoms. The SMILES string of the molecule is CCCCC/C=C/C/C=C/C/C=C/CCCCC(=O)OCC(COP(=O)([O-])OCC[N+](C)(C)C)OC(=O)CCCC/C=C/C/C=C/C/C=C/CCCCC. The number of hydrogen-bond acceptors (Lipinski definition) is 8. The highest BCUT2D eigenvalue weighted by atomic mass is 31.2. The number of ether oxygens (including phenoxy) is 2. The molecule has 0 aromatic carbocycles. The van der Waals surface area contributed by atoms with Crippen molar-refractivity contribution < 1.29 is 42.1 Å². The first-order chi connectivity index (χ1) is 26.0. The number of hydrogen-bond donors (Lipinski definition) is 0. The minimum atomic E-state index is -4.64. The number of phosphoric ester groups is 1. The van der Waals surface area contributed by atoms with Gasteiger partial charge in [-0.15, -0.1) is 0 Å². The molecular weight excluding hydrogens is 701 g/mol. The van der Waals surface area contributed by atoms with E-state index in [1.165, 1.54) is 38.5 Å². The normalized spacial score (nSPS) is 14.4. The Labute approximate surface area is 329 Å². The molecular formula is C44H76NO8P. The van der Waals surface area contributed by atoms with E-state index in [4.69, 9.17) is 18.5 Å². The predicted molar refractivity (Wildman–Crippen MR) is 222 cm³/mol. The van der Waals surface area contributed by atoms with Crippen molar-refractivity contribution in [1.29, 1.82) is 0 Å². The number of quaternary nitrogens is 1. The smallest absolute Gasteiger partial charge is 0.306 e. The molecule has 2 atom stereocenters. The molecule has 0 saturated heterocycles. The summed E-state index contributed by atoms with van der Waals surface area (Å²) >= 11 is 0. The molecule has 310 valence electrons. The summed E-state index contributed by atoms with van der Waals surface area (Å²) in [6.07, 6.45) is 43.6. The summed E-state index contributed by atoms with van der Waals surface area (Å²) < 4.78 is 33.7. The van der Waals surface area contributed by atoms with E-state index in [1.54, 1.807) is 0 Å². The largest absolute Gasteiger partial charge is 0.756 e. The van der Waals surface area contributed by atoms with E-state index in [0.29, 0.717) is 23.9 Å². The van der Waals surface area contributed by atoms with Crippen molar-refractivity contribution in [3.8, 4) is 0 Å². The van der Waals surface area contributed by atoms with Crippen molar-refractivity contribution in [2.75, 3.05) is 47.5 Å². The Bertz CT molecular complexity index is 1150. The summed E-state index contributed by atoms with van der Waals surface area (Å²) in [5.41, 5.74) is 0. The first-order valence-corrected chi connectivity index (χ1v) is 22.1. The molecule has 0 spiro atoms. The zero-order chi connectivity index (χ0) is 40.0. The van der Waals surface area contributed by atoms with E-state index < -0.39 is 32.5 Å². The zero-order valence-corrected chi connectivity index (χ0v) is 35.5. The molecule has 9 nitrogen and oxygen atoms in total. The maximum atomic E-state index is 12.6. The van der Waals surface area contributed by atoms with Gasteiger partial charge in [0.05, 0.1) is 27.7 Å². The van der Waals surface area contributed by atoms with Gasteiger partial charge >= 0.3 is 11.9 Å². The lowest BCUT2D eigenvalue weighted by Crippen LogP contribution is -2.37. The number of rotatable bonds is 36. The maximum absolute atomic E-state index is 12.6. The Balaban J connectivity index is 4.56. The second-order valence-corrected chi connectivity index (χ2v) is 16.1. The van der Waals surface area contributed by atoms with E-state index in [-0.39, 0.29) is 26.1 Å². The van der Waals surface area contributed by atoms with Crippen LogP contribution >= 0.6 is 7.82 Å². The second-order valence-electron chi connectivity index (χ2n) is 14.6. The fourth-order valence-electron chi connectivity index (χ4n) is 4.90. The molecule has 0 radical (unpaired) electrons. The van der Waals surface area contributed by atoms with E-state index in [9.17, 15) is 19.0 Å². The highest BCUT2D eigenvalue weighted by molar-refractivity contribution is 7.45. The molecule has 0 heterocycles. The standard InChI is InChI=1S/C44H76NO8P/c1-6-8-10-12-14-16-18-20-22-24-26-28-30-32-34-36-43(46)50-40-42(41-52-54(48,49)51-39-38-45(3,4)5)53-44(47)37-35-33-31-29-27-25-23-21-19-17-15-13-11-9-7-2/h14-17,20-23,26-29,42H,6-13,18-19,24-25,30-41H2,1-5H3/b16-14+,17-15+,22-20+,23-21+,28-26+,29-27+. The number of carbonyl (C=O) groups is 2. The van der Waals surface area contributed by atoms with Gasteiger partial charge in [-0.2, -0.15) is 0 Å². The Morgan fingerprint density at radius 2 is 0.981 bits per heavy atom. The number of phosphoric acid groups is 1. The van der Waals surface area contributed by atoms with Crippen LogP contribution in [0.2, 0.25) is 0 Å². The summed E-state index contributed by atoms with van der Waals surface area (Å²) in [6, 6.07) is 0. The van der Waals surface area contributed by atoms with Crippen LogP contribution in [-0.4, -0.2) is 70.0 Å². The number of unbranched alkanes of at least 4 members (excludes halogenated alkanes) is 10. The third kappa shape index (κ3) is 39.2. The Hall–Kier alpha value is -2.55. The van der Waals surface area contributed by atoms with E-state index in [2.05, 4.69) is 86.8 Å². The molecule has 2 unspecified atom stereocenters.